The van der Waals surface area contributed by atoms with Crippen molar-refractivity contribution in [3.05, 3.63) is 65.0 Å². The zero-order chi connectivity index (χ0) is 23.7. The van der Waals surface area contributed by atoms with E-state index in [1.165, 1.54) is 12.8 Å². The molecule has 1 N–H and O–H groups in total. The molecular weight excluding hydrogens is 452 g/mol. The Morgan fingerprint density at radius 3 is 2.68 bits per heavy atom. The predicted octanol–water partition coefficient (Wildman–Crippen LogP) is 5.05. The van der Waals surface area contributed by atoms with Gasteiger partial charge in [0, 0.05) is 23.7 Å². The summed E-state index contributed by atoms with van der Waals surface area (Å²) < 4.78 is 7.13. The summed E-state index contributed by atoms with van der Waals surface area (Å²) in [6, 6.07) is 12.9. The smallest absolute Gasteiger partial charge is 0.273 e. The second kappa shape index (κ2) is 9.29. The fourth-order valence-corrected chi connectivity index (χ4v) is 5.23. The molecule has 1 atom stereocenters. The van der Waals surface area contributed by atoms with Crippen LogP contribution in [0.2, 0.25) is 5.02 Å². The third-order valence-corrected chi connectivity index (χ3v) is 7.22. The molecule has 7 nitrogen and oxygen atoms in total. The van der Waals surface area contributed by atoms with E-state index in [2.05, 4.69) is 10.4 Å². The van der Waals surface area contributed by atoms with E-state index in [1.807, 2.05) is 25.1 Å². The second-order valence-electron chi connectivity index (χ2n) is 9.51. The summed E-state index contributed by atoms with van der Waals surface area (Å²) in [6.45, 7) is 2.36. The van der Waals surface area contributed by atoms with Crippen LogP contribution in [0.25, 0.3) is 11.5 Å². The Balaban J connectivity index is 1.50. The fourth-order valence-electron chi connectivity index (χ4n) is 5.02. The van der Waals surface area contributed by atoms with Crippen LogP contribution in [0.3, 0.4) is 0 Å². The van der Waals surface area contributed by atoms with E-state index in [0.717, 1.165) is 31.2 Å². The van der Waals surface area contributed by atoms with Crippen molar-refractivity contribution in [1.29, 1.82) is 0 Å². The lowest BCUT2D eigenvalue weighted by Crippen LogP contribution is -2.64. The molecule has 0 spiro atoms. The quantitative estimate of drug-likeness (QED) is 0.518. The average Bonchev–Trinajstić information content (AvgIpc) is 3.42. The van der Waals surface area contributed by atoms with Crippen LogP contribution in [0.15, 0.2) is 53.1 Å². The summed E-state index contributed by atoms with van der Waals surface area (Å²) in [5.74, 6) is 0.200. The Kier molecular flexibility index (Phi) is 6.21. The first-order valence-electron chi connectivity index (χ1n) is 11.9. The third-order valence-electron chi connectivity index (χ3n) is 6.98. The number of halogens is 1. The van der Waals surface area contributed by atoms with Gasteiger partial charge in [0.1, 0.15) is 16.9 Å². The van der Waals surface area contributed by atoms with E-state index in [9.17, 15) is 9.59 Å². The Morgan fingerprint density at radius 1 is 1.18 bits per heavy atom. The number of benzene rings is 1. The van der Waals surface area contributed by atoms with Crippen molar-refractivity contribution < 1.29 is 14.0 Å². The number of fused-ring (bicyclic) bond motifs is 1. The molecule has 0 saturated heterocycles. The second-order valence-corrected chi connectivity index (χ2v) is 9.94. The number of rotatable bonds is 5. The van der Waals surface area contributed by atoms with Gasteiger partial charge in [0.05, 0.1) is 12.8 Å². The van der Waals surface area contributed by atoms with Crippen LogP contribution in [0, 0.1) is 0 Å². The first-order valence-corrected chi connectivity index (χ1v) is 12.3. The molecule has 2 amide bonds. The third kappa shape index (κ3) is 4.37. The minimum Gasteiger partial charge on any atom is -0.463 e. The van der Waals surface area contributed by atoms with Crippen LogP contribution in [0.4, 0.5) is 0 Å². The fraction of sp³-hybridized carbons (Fsp3) is 0.423. The number of furan rings is 1. The van der Waals surface area contributed by atoms with Gasteiger partial charge in [-0.05, 0) is 49.6 Å². The SMILES string of the molecule is CC1(C(=O)NC2CCCCCC2)Cn2nc(-c3ccco3)cc2C(=O)N1Cc1cccc(Cl)c1. The summed E-state index contributed by atoms with van der Waals surface area (Å²) in [7, 11) is 0. The van der Waals surface area contributed by atoms with Crippen LogP contribution < -0.4 is 5.32 Å². The van der Waals surface area contributed by atoms with E-state index in [-0.39, 0.29) is 30.9 Å². The number of carbonyl (C=O) groups excluding carboxylic acids is 2. The first-order chi connectivity index (χ1) is 16.4. The highest BCUT2D eigenvalue weighted by Gasteiger charge is 2.48. The summed E-state index contributed by atoms with van der Waals surface area (Å²) >= 11 is 6.21. The maximum atomic E-state index is 13.8. The Hall–Kier alpha value is -3.06. The number of carbonyl (C=O) groups is 2. The van der Waals surface area contributed by atoms with Gasteiger partial charge in [0.15, 0.2) is 5.76 Å². The summed E-state index contributed by atoms with van der Waals surface area (Å²) in [4.78, 5) is 29.2. The molecule has 3 heterocycles. The molecule has 1 saturated carbocycles. The molecule has 34 heavy (non-hydrogen) atoms. The highest BCUT2D eigenvalue weighted by atomic mass is 35.5. The molecule has 2 aromatic heterocycles. The lowest BCUT2D eigenvalue weighted by molar-refractivity contribution is -0.134. The highest BCUT2D eigenvalue weighted by molar-refractivity contribution is 6.30. The number of amides is 2. The Labute approximate surface area is 204 Å². The van der Waals surface area contributed by atoms with Crippen LogP contribution in [-0.2, 0) is 17.9 Å². The van der Waals surface area contributed by atoms with Gasteiger partial charge in [-0.25, -0.2) is 0 Å². The number of hydrogen-bond donors (Lipinski definition) is 1. The lowest BCUT2D eigenvalue weighted by Gasteiger charge is -2.44. The van der Waals surface area contributed by atoms with E-state index in [0.29, 0.717) is 22.2 Å². The molecule has 1 unspecified atom stereocenters. The van der Waals surface area contributed by atoms with Crippen LogP contribution >= 0.6 is 11.6 Å². The molecule has 178 valence electrons. The first kappa shape index (κ1) is 22.7. The molecule has 1 aromatic carbocycles. The maximum Gasteiger partial charge on any atom is 0.273 e. The highest BCUT2D eigenvalue weighted by Crippen LogP contribution is 2.32. The van der Waals surface area contributed by atoms with E-state index >= 15 is 0 Å². The Morgan fingerprint density at radius 2 is 1.97 bits per heavy atom. The lowest BCUT2D eigenvalue weighted by atomic mass is 9.93. The van der Waals surface area contributed by atoms with E-state index in [1.54, 1.807) is 40.1 Å². The van der Waals surface area contributed by atoms with Crippen molar-refractivity contribution in [1.82, 2.24) is 20.0 Å². The van der Waals surface area contributed by atoms with Crippen molar-refractivity contribution in [3.8, 4) is 11.5 Å². The molecule has 1 aliphatic heterocycles. The molecule has 8 heteroatoms. The van der Waals surface area contributed by atoms with Crippen molar-refractivity contribution >= 4 is 23.4 Å². The van der Waals surface area contributed by atoms with Gasteiger partial charge in [0.2, 0.25) is 5.91 Å². The molecule has 1 fully saturated rings. The molecule has 0 radical (unpaired) electrons. The summed E-state index contributed by atoms with van der Waals surface area (Å²) in [5.41, 5.74) is 0.775. The maximum absolute atomic E-state index is 13.8. The zero-order valence-corrected chi connectivity index (χ0v) is 20.1. The van der Waals surface area contributed by atoms with Gasteiger partial charge < -0.3 is 14.6 Å². The number of aromatic nitrogens is 2. The van der Waals surface area contributed by atoms with E-state index in [4.69, 9.17) is 16.0 Å². The topological polar surface area (TPSA) is 80.4 Å². The van der Waals surface area contributed by atoms with Crippen molar-refractivity contribution in [2.75, 3.05) is 0 Å². The molecular formula is C26H29ClN4O3. The monoisotopic (exact) mass is 480 g/mol. The predicted molar refractivity (Wildman–Crippen MR) is 129 cm³/mol. The minimum atomic E-state index is -1.11. The zero-order valence-electron chi connectivity index (χ0n) is 19.3. The van der Waals surface area contributed by atoms with Crippen LogP contribution in [0.1, 0.15) is 61.5 Å². The minimum absolute atomic E-state index is 0.132. The largest absolute Gasteiger partial charge is 0.463 e. The van der Waals surface area contributed by atoms with Gasteiger partial charge in [-0.15, -0.1) is 0 Å². The number of nitrogens with zero attached hydrogens (tertiary/aromatic N) is 3. The van der Waals surface area contributed by atoms with Gasteiger partial charge >= 0.3 is 0 Å². The van der Waals surface area contributed by atoms with Crippen molar-refractivity contribution in [2.24, 2.45) is 0 Å². The molecule has 5 rings (SSSR count). The Bertz CT molecular complexity index is 1180. The van der Waals surface area contributed by atoms with Crippen molar-refractivity contribution in [3.63, 3.8) is 0 Å². The summed E-state index contributed by atoms with van der Waals surface area (Å²) in [5, 5.41) is 8.47. The van der Waals surface area contributed by atoms with Gasteiger partial charge in [-0.3, -0.25) is 14.3 Å². The summed E-state index contributed by atoms with van der Waals surface area (Å²) in [6.07, 6.45) is 8.15. The standard InChI is InChI=1S/C26H29ClN4O3/c1-26(25(33)28-20-10-4-2-3-5-11-20)17-31-22(15-21(29-31)23-12-7-13-34-23)24(32)30(26)16-18-8-6-9-19(27)14-18/h6-9,12-15,20H,2-5,10-11,16-17H2,1H3,(H,28,33). The average molecular weight is 481 g/mol. The number of hydrogen-bond acceptors (Lipinski definition) is 4. The van der Waals surface area contributed by atoms with Gasteiger partial charge in [-0.1, -0.05) is 49.4 Å². The van der Waals surface area contributed by atoms with Crippen LogP contribution in [-0.4, -0.2) is 38.1 Å². The van der Waals surface area contributed by atoms with Crippen molar-refractivity contribution in [2.45, 2.75) is 70.1 Å². The van der Waals surface area contributed by atoms with E-state index < -0.39 is 5.54 Å². The number of nitrogens with one attached hydrogen (secondary N) is 1. The van der Waals surface area contributed by atoms with Crippen LogP contribution in [0.5, 0.6) is 0 Å². The molecule has 3 aromatic rings. The van der Waals surface area contributed by atoms with Gasteiger partial charge in [0.25, 0.3) is 5.91 Å². The molecule has 0 bridgehead atoms. The molecule has 2 aliphatic rings. The normalized spacial score (nSPS) is 21.2. The molecule has 1 aliphatic carbocycles. The van der Waals surface area contributed by atoms with Gasteiger partial charge in [-0.2, -0.15) is 5.10 Å².